The smallest absolute Gasteiger partial charge is 0.0599 e. The molecule has 1 aromatic heterocycles. The molecular formula is C15H16Cl2N2. The molecule has 0 N–H and O–H groups in total. The van der Waals surface area contributed by atoms with E-state index in [1.165, 1.54) is 0 Å². The highest BCUT2D eigenvalue weighted by molar-refractivity contribution is 6.31. The van der Waals surface area contributed by atoms with Gasteiger partial charge in [-0.3, -0.25) is 4.98 Å². The van der Waals surface area contributed by atoms with Crippen molar-refractivity contribution in [2.24, 2.45) is 0 Å². The van der Waals surface area contributed by atoms with Crippen molar-refractivity contribution in [3.8, 4) is 0 Å². The van der Waals surface area contributed by atoms with Crippen molar-refractivity contribution in [1.82, 2.24) is 4.98 Å². The standard InChI is InChI=1S/C15H16Cl2N2/c1-11(13-5-3-4-6-14(13)17)19(2)15-10-18-8-7-12(15)9-16/h3-8,10-11H,9H2,1-2H3. The van der Waals surface area contributed by atoms with Gasteiger partial charge in [0.25, 0.3) is 0 Å². The first-order valence-corrected chi connectivity index (χ1v) is 7.02. The van der Waals surface area contributed by atoms with E-state index in [-0.39, 0.29) is 6.04 Å². The molecule has 0 spiro atoms. The van der Waals surface area contributed by atoms with Crippen molar-refractivity contribution in [3.05, 3.63) is 58.9 Å². The molecule has 0 saturated heterocycles. The van der Waals surface area contributed by atoms with Crippen molar-refractivity contribution in [2.75, 3.05) is 11.9 Å². The third kappa shape index (κ3) is 3.02. The molecule has 0 amide bonds. The van der Waals surface area contributed by atoms with E-state index >= 15 is 0 Å². The summed E-state index contributed by atoms with van der Waals surface area (Å²) in [6.07, 6.45) is 3.60. The van der Waals surface area contributed by atoms with Gasteiger partial charge in [0.15, 0.2) is 0 Å². The van der Waals surface area contributed by atoms with Crippen LogP contribution in [0.2, 0.25) is 5.02 Å². The Morgan fingerprint density at radius 2 is 2.00 bits per heavy atom. The topological polar surface area (TPSA) is 16.1 Å². The van der Waals surface area contributed by atoms with E-state index in [0.29, 0.717) is 5.88 Å². The van der Waals surface area contributed by atoms with Crippen LogP contribution in [0.1, 0.15) is 24.1 Å². The van der Waals surface area contributed by atoms with Gasteiger partial charge in [-0.15, -0.1) is 11.6 Å². The summed E-state index contributed by atoms with van der Waals surface area (Å²) < 4.78 is 0. The minimum atomic E-state index is 0.153. The van der Waals surface area contributed by atoms with Crippen molar-refractivity contribution >= 4 is 28.9 Å². The number of alkyl halides is 1. The van der Waals surface area contributed by atoms with Gasteiger partial charge in [-0.05, 0) is 30.2 Å². The Kier molecular flexibility index (Phi) is 4.67. The molecule has 19 heavy (non-hydrogen) atoms. The maximum Gasteiger partial charge on any atom is 0.0599 e. The minimum absolute atomic E-state index is 0.153. The van der Waals surface area contributed by atoms with E-state index in [9.17, 15) is 0 Å². The van der Waals surface area contributed by atoms with E-state index in [1.54, 1.807) is 6.20 Å². The van der Waals surface area contributed by atoms with E-state index < -0.39 is 0 Å². The summed E-state index contributed by atoms with van der Waals surface area (Å²) in [6.45, 7) is 2.12. The summed E-state index contributed by atoms with van der Waals surface area (Å²) in [7, 11) is 2.03. The van der Waals surface area contributed by atoms with Crippen LogP contribution in [0.15, 0.2) is 42.7 Å². The Labute approximate surface area is 124 Å². The number of aromatic nitrogens is 1. The summed E-state index contributed by atoms with van der Waals surface area (Å²) in [4.78, 5) is 6.32. The second-order valence-corrected chi connectivity index (χ2v) is 5.12. The molecule has 0 saturated carbocycles. The maximum atomic E-state index is 6.26. The Morgan fingerprint density at radius 1 is 1.26 bits per heavy atom. The number of nitrogens with zero attached hydrogens (tertiary/aromatic N) is 2. The largest absolute Gasteiger partial charge is 0.366 e. The average Bonchev–Trinajstić information content (AvgIpc) is 2.46. The molecule has 0 aliphatic heterocycles. The molecule has 100 valence electrons. The van der Waals surface area contributed by atoms with Crippen LogP contribution >= 0.6 is 23.2 Å². The van der Waals surface area contributed by atoms with Crippen LogP contribution in [0.5, 0.6) is 0 Å². The molecule has 4 heteroatoms. The van der Waals surface area contributed by atoms with Gasteiger partial charge in [-0.1, -0.05) is 29.8 Å². The number of hydrogen-bond donors (Lipinski definition) is 0. The van der Waals surface area contributed by atoms with Gasteiger partial charge in [0.1, 0.15) is 0 Å². The molecule has 0 radical (unpaired) electrons. The summed E-state index contributed by atoms with van der Waals surface area (Å²) >= 11 is 12.2. The van der Waals surface area contributed by atoms with Crippen LogP contribution in [0.4, 0.5) is 5.69 Å². The van der Waals surface area contributed by atoms with E-state index in [2.05, 4.69) is 16.8 Å². The number of rotatable bonds is 4. The highest BCUT2D eigenvalue weighted by atomic mass is 35.5. The predicted octanol–water partition coefficient (Wildman–Crippen LogP) is 4.67. The van der Waals surface area contributed by atoms with Crippen molar-refractivity contribution in [2.45, 2.75) is 18.8 Å². The van der Waals surface area contributed by atoms with Crippen LogP contribution < -0.4 is 4.90 Å². The molecule has 2 nitrogen and oxygen atoms in total. The number of pyridine rings is 1. The second kappa shape index (κ2) is 6.27. The molecule has 2 rings (SSSR count). The van der Waals surface area contributed by atoms with Crippen LogP contribution in [0.3, 0.4) is 0 Å². The van der Waals surface area contributed by atoms with Crippen LogP contribution in [0.25, 0.3) is 0 Å². The lowest BCUT2D eigenvalue weighted by Crippen LogP contribution is -2.23. The molecule has 0 aliphatic rings. The number of benzene rings is 1. The maximum absolute atomic E-state index is 6.26. The number of anilines is 1. The molecular weight excluding hydrogens is 279 g/mol. The summed E-state index contributed by atoms with van der Waals surface area (Å²) in [6, 6.07) is 9.98. The Balaban J connectivity index is 2.34. The van der Waals surface area contributed by atoms with Crippen molar-refractivity contribution < 1.29 is 0 Å². The highest BCUT2D eigenvalue weighted by Gasteiger charge is 2.17. The fourth-order valence-electron chi connectivity index (χ4n) is 2.08. The van der Waals surface area contributed by atoms with Crippen LogP contribution in [-0.4, -0.2) is 12.0 Å². The lowest BCUT2D eigenvalue weighted by Gasteiger charge is -2.29. The third-order valence-corrected chi connectivity index (χ3v) is 3.98. The molecule has 0 bridgehead atoms. The van der Waals surface area contributed by atoms with E-state index in [0.717, 1.165) is 21.8 Å². The van der Waals surface area contributed by atoms with Gasteiger partial charge >= 0.3 is 0 Å². The fraction of sp³-hybridized carbons (Fsp3) is 0.267. The first kappa shape index (κ1) is 14.2. The van der Waals surface area contributed by atoms with Crippen LogP contribution in [0, 0.1) is 0 Å². The lowest BCUT2D eigenvalue weighted by molar-refractivity contribution is 0.735. The number of hydrogen-bond acceptors (Lipinski definition) is 2. The van der Waals surface area contributed by atoms with Crippen molar-refractivity contribution in [3.63, 3.8) is 0 Å². The summed E-state index contributed by atoms with van der Waals surface area (Å²) in [5.41, 5.74) is 3.19. The second-order valence-electron chi connectivity index (χ2n) is 4.45. The molecule has 1 unspecified atom stereocenters. The van der Waals surface area contributed by atoms with Gasteiger partial charge < -0.3 is 4.90 Å². The first-order chi connectivity index (χ1) is 9.15. The van der Waals surface area contributed by atoms with Gasteiger partial charge in [-0.25, -0.2) is 0 Å². The van der Waals surface area contributed by atoms with Gasteiger partial charge in [0, 0.05) is 24.1 Å². The molecule has 0 fully saturated rings. The Morgan fingerprint density at radius 3 is 2.68 bits per heavy atom. The van der Waals surface area contributed by atoms with Gasteiger partial charge in [0.2, 0.25) is 0 Å². The van der Waals surface area contributed by atoms with Gasteiger partial charge in [0.05, 0.1) is 17.9 Å². The molecule has 1 atom stereocenters. The fourth-order valence-corrected chi connectivity index (χ4v) is 2.60. The monoisotopic (exact) mass is 294 g/mol. The minimum Gasteiger partial charge on any atom is -0.366 e. The first-order valence-electron chi connectivity index (χ1n) is 6.11. The lowest BCUT2D eigenvalue weighted by atomic mass is 10.1. The highest BCUT2D eigenvalue weighted by Crippen LogP contribution is 2.31. The normalized spacial score (nSPS) is 12.2. The molecule has 0 aliphatic carbocycles. The summed E-state index contributed by atoms with van der Waals surface area (Å²) in [5, 5.41) is 0.776. The Hall–Kier alpha value is -1.25. The Bertz CT molecular complexity index is 557. The zero-order valence-electron chi connectivity index (χ0n) is 11.0. The predicted molar refractivity (Wildman–Crippen MR) is 82.1 cm³/mol. The number of halogens is 2. The molecule has 1 heterocycles. The zero-order chi connectivity index (χ0) is 13.8. The third-order valence-electron chi connectivity index (χ3n) is 3.35. The van der Waals surface area contributed by atoms with E-state index in [1.807, 2.05) is 43.6 Å². The van der Waals surface area contributed by atoms with E-state index in [4.69, 9.17) is 23.2 Å². The average molecular weight is 295 g/mol. The molecule has 2 aromatic rings. The SMILES string of the molecule is CC(c1ccccc1Cl)N(C)c1cnccc1CCl. The quantitative estimate of drug-likeness (QED) is 0.762. The van der Waals surface area contributed by atoms with Crippen molar-refractivity contribution in [1.29, 1.82) is 0 Å². The van der Waals surface area contributed by atoms with Gasteiger partial charge in [-0.2, -0.15) is 0 Å². The van der Waals surface area contributed by atoms with Crippen LogP contribution in [-0.2, 0) is 5.88 Å². The summed E-state index contributed by atoms with van der Waals surface area (Å²) in [5.74, 6) is 0.470. The molecule has 1 aromatic carbocycles. The zero-order valence-corrected chi connectivity index (χ0v) is 12.5.